The van der Waals surface area contributed by atoms with Gasteiger partial charge in [-0.2, -0.15) is 5.06 Å². The minimum Gasteiger partial charge on any atom is -0.350 e. The molecule has 3 N–H and O–H groups in total. The molecular formula is C19H16N2O2. The second-order valence-electron chi connectivity index (χ2n) is 4.82. The lowest BCUT2D eigenvalue weighted by atomic mass is 10.1. The van der Waals surface area contributed by atoms with Gasteiger partial charge in [0.05, 0.1) is 0 Å². The Labute approximate surface area is 135 Å². The highest BCUT2D eigenvalue weighted by Crippen LogP contribution is 2.04. The van der Waals surface area contributed by atoms with Gasteiger partial charge in [0.25, 0.3) is 0 Å². The lowest BCUT2D eigenvalue weighted by Gasteiger charge is -2.14. The Kier molecular flexibility index (Phi) is 5.41. The van der Waals surface area contributed by atoms with E-state index < -0.39 is 12.1 Å². The second kappa shape index (κ2) is 7.70. The van der Waals surface area contributed by atoms with Gasteiger partial charge in [0, 0.05) is 16.7 Å². The van der Waals surface area contributed by atoms with Gasteiger partial charge < -0.3 is 5.73 Å². The monoisotopic (exact) mass is 304 g/mol. The van der Waals surface area contributed by atoms with Crippen LogP contribution in [0.1, 0.15) is 23.6 Å². The number of rotatable bonds is 1. The number of urea groups is 1. The molecule has 0 aliphatic carbocycles. The number of hydrogen-bond donors (Lipinski definition) is 2. The van der Waals surface area contributed by atoms with Crippen LogP contribution >= 0.6 is 0 Å². The predicted octanol–water partition coefficient (Wildman–Crippen LogP) is 2.60. The summed E-state index contributed by atoms with van der Waals surface area (Å²) < 4.78 is 0. The van der Waals surface area contributed by atoms with Crippen LogP contribution in [-0.4, -0.2) is 22.3 Å². The highest BCUT2D eigenvalue weighted by atomic mass is 16.5. The molecule has 0 spiro atoms. The fourth-order valence-electron chi connectivity index (χ4n) is 1.78. The van der Waals surface area contributed by atoms with E-state index in [0.29, 0.717) is 5.06 Å². The van der Waals surface area contributed by atoms with Gasteiger partial charge in [-0.25, -0.2) is 4.79 Å². The van der Waals surface area contributed by atoms with Crippen molar-refractivity contribution in [2.24, 2.45) is 5.73 Å². The molecule has 0 saturated heterocycles. The van der Waals surface area contributed by atoms with Crippen molar-refractivity contribution in [2.75, 3.05) is 0 Å². The zero-order valence-corrected chi connectivity index (χ0v) is 12.7. The average Bonchev–Trinajstić information content (AvgIpc) is 2.58. The van der Waals surface area contributed by atoms with Gasteiger partial charge >= 0.3 is 6.03 Å². The normalized spacial score (nSPS) is 10.5. The summed E-state index contributed by atoms with van der Waals surface area (Å²) in [4.78, 5) is 10.8. The summed E-state index contributed by atoms with van der Waals surface area (Å²) in [7, 11) is 0. The van der Waals surface area contributed by atoms with E-state index in [0.717, 1.165) is 16.7 Å². The molecule has 2 aromatic rings. The molecule has 4 nitrogen and oxygen atoms in total. The first-order valence-corrected chi connectivity index (χ1v) is 7.02. The van der Waals surface area contributed by atoms with Crippen LogP contribution in [0.25, 0.3) is 0 Å². The average molecular weight is 304 g/mol. The van der Waals surface area contributed by atoms with Crippen molar-refractivity contribution < 1.29 is 10.0 Å². The fraction of sp³-hybridized carbons (Fsp3) is 0.105. The van der Waals surface area contributed by atoms with Crippen LogP contribution in [0.15, 0.2) is 54.6 Å². The number of amides is 2. The summed E-state index contributed by atoms with van der Waals surface area (Å²) in [6.45, 7) is 1.58. The Morgan fingerprint density at radius 2 is 1.57 bits per heavy atom. The number of carbonyl (C=O) groups is 1. The molecule has 0 radical (unpaired) electrons. The second-order valence-corrected chi connectivity index (χ2v) is 4.82. The highest BCUT2D eigenvalue weighted by molar-refractivity contribution is 5.71. The molecule has 1 unspecified atom stereocenters. The molecule has 2 amide bonds. The van der Waals surface area contributed by atoms with Gasteiger partial charge in [-0.3, -0.25) is 5.21 Å². The van der Waals surface area contributed by atoms with E-state index >= 15 is 0 Å². The molecule has 23 heavy (non-hydrogen) atoms. The van der Waals surface area contributed by atoms with Crippen LogP contribution in [0, 0.1) is 23.7 Å². The van der Waals surface area contributed by atoms with E-state index in [4.69, 9.17) is 5.73 Å². The van der Waals surface area contributed by atoms with Crippen LogP contribution < -0.4 is 5.73 Å². The van der Waals surface area contributed by atoms with E-state index in [2.05, 4.69) is 23.7 Å². The molecule has 0 aliphatic heterocycles. The van der Waals surface area contributed by atoms with E-state index in [9.17, 15) is 10.0 Å². The summed E-state index contributed by atoms with van der Waals surface area (Å²) in [5.74, 6) is 11.8. The molecule has 0 heterocycles. The molecule has 0 bridgehead atoms. The Bertz CT molecular complexity index is 808. The molecule has 2 rings (SSSR count). The van der Waals surface area contributed by atoms with Crippen molar-refractivity contribution >= 4 is 6.03 Å². The van der Waals surface area contributed by atoms with E-state index in [1.54, 1.807) is 6.92 Å². The molecule has 0 saturated carbocycles. The number of nitrogens with zero attached hydrogens (tertiary/aromatic N) is 1. The zero-order chi connectivity index (χ0) is 16.7. The molecule has 114 valence electrons. The van der Waals surface area contributed by atoms with Crippen molar-refractivity contribution in [3.63, 3.8) is 0 Å². The van der Waals surface area contributed by atoms with Crippen LogP contribution in [-0.2, 0) is 0 Å². The first-order chi connectivity index (χ1) is 11.1. The first-order valence-electron chi connectivity index (χ1n) is 7.02. The number of nitrogens with two attached hydrogens (primary N) is 1. The van der Waals surface area contributed by atoms with Crippen molar-refractivity contribution in [2.45, 2.75) is 13.0 Å². The maximum Gasteiger partial charge on any atom is 0.339 e. The van der Waals surface area contributed by atoms with Gasteiger partial charge in [0.1, 0.15) is 6.04 Å². The lowest BCUT2D eigenvalue weighted by molar-refractivity contribution is -0.0536. The SMILES string of the molecule is CC(C#Cc1cccc(C#Cc2ccccc2)c1)N(O)C(N)=O. The predicted molar refractivity (Wildman–Crippen MR) is 88.4 cm³/mol. The number of carbonyl (C=O) groups excluding carboxylic acids is 1. The van der Waals surface area contributed by atoms with E-state index in [-0.39, 0.29) is 0 Å². The Hall–Kier alpha value is -3.21. The molecule has 2 aromatic carbocycles. The van der Waals surface area contributed by atoms with Crippen LogP contribution in [0.2, 0.25) is 0 Å². The van der Waals surface area contributed by atoms with Gasteiger partial charge in [-0.1, -0.05) is 47.9 Å². The Morgan fingerprint density at radius 1 is 1.00 bits per heavy atom. The van der Waals surface area contributed by atoms with E-state index in [1.807, 2.05) is 54.6 Å². The third-order valence-corrected chi connectivity index (χ3v) is 3.01. The van der Waals surface area contributed by atoms with Crippen molar-refractivity contribution in [3.05, 3.63) is 71.3 Å². The molecule has 0 aliphatic rings. The number of primary amides is 1. The molecule has 1 atom stereocenters. The summed E-state index contributed by atoms with van der Waals surface area (Å²) in [5.41, 5.74) is 7.50. The summed E-state index contributed by atoms with van der Waals surface area (Å²) >= 11 is 0. The minimum absolute atomic E-state index is 0.395. The maximum absolute atomic E-state index is 10.8. The molecule has 0 aromatic heterocycles. The van der Waals surface area contributed by atoms with Gasteiger partial charge in [0.15, 0.2) is 0 Å². The van der Waals surface area contributed by atoms with Crippen molar-refractivity contribution in [1.82, 2.24) is 5.06 Å². The van der Waals surface area contributed by atoms with Crippen molar-refractivity contribution in [1.29, 1.82) is 0 Å². The van der Waals surface area contributed by atoms with Crippen LogP contribution in [0.3, 0.4) is 0 Å². The highest BCUT2D eigenvalue weighted by Gasteiger charge is 2.11. The van der Waals surface area contributed by atoms with E-state index in [1.165, 1.54) is 0 Å². The van der Waals surface area contributed by atoms with Gasteiger partial charge in [0.2, 0.25) is 0 Å². The van der Waals surface area contributed by atoms with Gasteiger partial charge in [-0.15, -0.1) is 0 Å². The summed E-state index contributed by atoms with van der Waals surface area (Å²) in [6.07, 6.45) is 0. The van der Waals surface area contributed by atoms with Crippen molar-refractivity contribution in [3.8, 4) is 23.7 Å². The summed E-state index contributed by atoms with van der Waals surface area (Å²) in [6, 6.07) is 15.5. The summed E-state index contributed by atoms with van der Waals surface area (Å²) in [5, 5.41) is 9.77. The quantitative estimate of drug-likeness (QED) is 0.483. The maximum atomic E-state index is 10.8. The standard InChI is InChI=1S/C19H16N2O2/c1-15(21(23)19(20)22)10-11-17-8-5-9-18(14-17)13-12-16-6-3-2-4-7-16/h2-9,14-15,23H,1H3,(H2,20,22). The number of hydroxylamine groups is 2. The molecule has 0 fully saturated rings. The number of benzene rings is 2. The lowest BCUT2D eigenvalue weighted by Crippen LogP contribution is -2.38. The van der Waals surface area contributed by atoms with Crippen LogP contribution in [0.4, 0.5) is 4.79 Å². The molecule has 4 heteroatoms. The minimum atomic E-state index is -0.936. The Balaban J connectivity index is 2.15. The molecular weight excluding hydrogens is 288 g/mol. The fourth-order valence-corrected chi connectivity index (χ4v) is 1.78. The number of hydrogen-bond acceptors (Lipinski definition) is 2. The third kappa shape index (κ3) is 4.93. The smallest absolute Gasteiger partial charge is 0.339 e. The topological polar surface area (TPSA) is 66.6 Å². The van der Waals surface area contributed by atoms with Gasteiger partial charge in [-0.05, 0) is 37.3 Å². The Morgan fingerprint density at radius 3 is 2.22 bits per heavy atom. The zero-order valence-electron chi connectivity index (χ0n) is 12.7. The largest absolute Gasteiger partial charge is 0.350 e. The first kappa shape index (κ1) is 16.2. The third-order valence-electron chi connectivity index (χ3n) is 3.01. The van der Waals surface area contributed by atoms with Crippen LogP contribution in [0.5, 0.6) is 0 Å².